The minimum atomic E-state index is -0.504. The predicted octanol–water partition coefficient (Wildman–Crippen LogP) is 3.31. The molecule has 1 N–H and O–H groups in total. The molecule has 6 heteroatoms. The third-order valence-corrected chi connectivity index (χ3v) is 3.56. The minimum Gasteiger partial charge on any atom is -0.430 e. The first-order chi connectivity index (χ1) is 8.58. The molecule has 0 unspecified atom stereocenters. The molecule has 1 aromatic carbocycles. The second-order valence-electron chi connectivity index (χ2n) is 3.40. The van der Waals surface area contributed by atoms with Gasteiger partial charge in [-0.25, -0.2) is 4.79 Å². The molecule has 1 aromatic heterocycles. The molecule has 0 spiro atoms. The average Bonchev–Trinajstić information content (AvgIpc) is 2.36. The van der Waals surface area contributed by atoms with Crippen LogP contribution in [0.2, 0.25) is 5.02 Å². The highest BCUT2D eigenvalue weighted by molar-refractivity contribution is 9.10. The lowest BCUT2D eigenvalue weighted by Crippen LogP contribution is -2.13. The number of anilines is 1. The van der Waals surface area contributed by atoms with E-state index in [9.17, 15) is 9.59 Å². The van der Waals surface area contributed by atoms with Gasteiger partial charge in [0, 0.05) is 6.07 Å². The van der Waals surface area contributed by atoms with E-state index in [0.717, 1.165) is 6.26 Å². The van der Waals surface area contributed by atoms with Crippen molar-refractivity contribution in [3.05, 3.63) is 62.1 Å². The molecule has 0 atom stereocenters. The Morgan fingerprint density at radius 3 is 2.72 bits per heavy atom. The third-order valence-electron chi connectivity index (χ3n) is 2.16. The summed E-state index contributed by atoms with van der Waals surface area (Å²) in [4.78, 5) is 22.6. The Bertz CT molecular complexity index is 634. The van der Waals surface area contributed by atoms with Gasteiger partial charge in [0.2, 0.25) is 0 Å². The lowest BCUT2D eigenvalue weighted by atomic mass is 10.2. The third kappa shape index (κ3) is 2.80. The normalized spacial score (nSPS) is 10.1. The van der Waals surface area contributed by atoms with Gasteiger partial charge in [-0.15, -0.1) is 0 Å². The van der Waals surface area contributed by atoms with E-state index < -0.39 is 5.63 Å². The quantitative estimate of drug-likeness (QED) is 0.920. The first-order valence-corrected chi connectivity index (χ1v) is 6.09. The minimum absolute atomic E-state index is 0.251. The first-order valence-electron chi connectivity index (χ1n) is 4.92. The van der Waals surface area contributed by atoms with Gasteiger partial charge in [-0.05, 0) is 34.1 Å². The fourth-order valence-electron chi connectivity index (χ4n) is 1.28. The largest absolute Gasteiger partial charge is 0.430 e. The Balaban J connectivity index is 2.24. The van der Waals surface area contributed by atoms with Crippen LogP contribution in [0.4, 0.5) is 5.69 Å². The van der Waals surface area contributed by atoms with Crippen molar-refractivity contribution in [2.45, 2.75) is 0 Å². The van der Waals surface area contributed by atoms with E-state index in [1.165, 1.54) is 12.1 Å². The van der Waals surface area contributed by atoms with Crippen molar-refractivity contribution in [3.63, 3.8) is 0 Å². The van der Waals surface area contributed by atoms with Crippen LogP contribution in [-0.4, -0.2) is 5.91 Å². The maximum absolute atomic E-state index is 11.9. The van der Waals surface area contributed by atoms with Gasteiger partial charge in [-0.3, -0.25) is 4.79 Å². The van der Waals surface area contributed by atoms with Gasteiger partial charge in [-0.1, -0.05) is 17.7 Å². The molecule has 4 nitrogen and oxygen atoms in total. The van der Waals surface area contributed by atoms with Gasteiger partial charge in [-0.2, -0.15) is 0 Å². The number of rotatable bonds is 2. The van der Waals surface area contributed by atoms with E-state index in [2.05, 4.69) is 25.7 Å². The van der Waals surface area contributed by atoms with E-state index in [4.69, 9.17) is 11.6 Å². The van der Waals surface area contributed by atoms with Crippen molar-refractivity contribution >= 4 is 39.1 Å². The fraction of sp³-hybridized carbons (Fsp3) is 0. The van der Waals surface area contributed by atoms with Gasteiger partial charge in [0.15, 0.2) is 0 Å². The second kappa shape index (κ2) is 5.37. The van der Waals surface area contributed by atoms with Crippen LogP contribution in [0.5, 0.6) is 0 Å². The highest BCUT2D eigenvalue weighted by atomic mass is 79.9. The number of halogens is 2. The van der Waals surface area contributed by atoms with Gasteiger partial charge in [0.1, 0.15) is 6.26 Å². The first kappa shape index (κ1) is 12.9. The molecule has 0 bridgehead atoms. The maximum atomic E-state index is 11.9. The number of amides is 1. The molecular weight excluding hydrogens is 321 g/mol. The van der Waals surface area contributed by atoms with Crippen LogP contribution in [0, 0.1) is 0 Å². The molecule has 1 heterocycles. The number of nitrogens with one attached hydrogen (secondary N) is 1. The van der Waals surface area contributed by atoms with Crippen LogP contribution in [0.25, 0.3) is 0 Å². The molecular formula is C12H7BrClNO3. The Kier molecular flexibility index (Phi) is 3.84. The summed E-state index contributed by atoms with van der Waals surface area (Å²) < 4.78 is 5.21. The zero-order valence-electron chi connectivity index (χ0n) is 8.94. The molecule has 0 aliphatic heterocycles. The summed E-state index contributed by atoms with van der Waals surface area (Å²) >= 11 is 9.18. The molecule has 0 fully saturated rings. The van der Waals surface area contributed by atoms with Crippen molar-refractivity contribution in [1.29, 1.82) is 0 Å². The van der Waals surface area contributed by atoms with Gasteiger partial charge < -0.3 is 9.73 Å². The highest BCUT2D eigenvalue weighted by Crippen LogP contribution is 2.30. The van der Waals surface area contributed by atoms with Crippen LogP contribution in [-0.2, 0) is 0 Å². The molecule has 0 aliphatic carbocycles. The molecule has 18 heavy (non-hydrogen) atoms. The second-order valence-corrected chi connectivity index (χ2v) is 4.60. The average molecular weight is 329 g/mol. The van der Waals surface area contributed by atoms with Crippen LogP contribution >= 0.6 is 27.5 Å². The smallest absolute Gasteiger partial charge is 0.335 e. The molecule has 0 saturated carbocycles. The molecule has 0 aliphatic rings. The van der Waals surface area contributed by atoms with Crippen molar-refractivity contribution in [2.75, 3.05) is 5.32 Å². The standard InChI is InChI=1S/C12H7BrClNO3/c13-11-8(14)2-1-3-9(11)15-12(17)7-4-5-10(16)18-6-7/h1-6H,(H,15,17). The van der Waals surface area contributed by atoms with Gasteiger partial charge in [0.05, 0.1) is 20.7 Å². The van der Waals surface area contributed by atoms with E-state index in [0.29, 0.717) is 15.2 Å². The topological polar surface area (TPSA) is 59.3 Å². The summed E-state index contributed by atoms with van der Waals surface area (Å²) in [5, 5.41) is 3.15. The highest BCUT2D eigenvalue weighted by Gasteiger charge is 2.10. The summed E-state index contributed by atoms with van der Waals surface area (Å²) in [5.41, 5.74) is 0.288. The molecule has 92 valence electrons. The lowest BCUT2D eigenvalue weighted by molar-refractivity contribution is 0.102. The van der Waals surface area contributed by atoms with Crippen LogP contribution in [0.3, 0.4) is 0 Å². The van der Waals surface area contributed by atoms with E-state index in [-0.39, 0.29) is 11.5 Å². The summed E-state index contributed by atoms with van der Waals surface area (Å²) in [6.07, 6.45) is 1.11. The van der Waals surface area contributed by atoms with Crippen molar-refractivity contribution in [2.24, 2.45) is 0 Å². The fourth-order valence-corrected chi connectivity index (χ4v) is 1.82. The molecule has 2 aromatic rings. The zero-order chi connectivity index (χ0) is 13.1. The summed E-state index contributed by atoms with van der Waals surface area (Å²) in [6, 6.07) is 7.69. The maximum Gasteiger partial charge on any atom is 0.335 e. The summed E-state index contributed by atoms with van der Waals surface area (Å²) in [6.45, 7) is 0. The summed E-state index contributed by atoms with van der Waals surface area (Å²) in [7, 11) is 0. The molecule has 1 amide bonds. The van der Waals surface area contributed by atoms with Crippen LogP contribution in [0.1, 0.15) is 10.4 Å². The van der Waals surface area contributed by atoms with E-state index >= 15 is 0 Å². The lowest BCUT2D eigenvalue weighted by Gasteiger charge is -2.07. The Hall–Kier alpha value is -1.59. The zero-order valence-corrected chi connectivity index (χ0v) is 11.3. The molecule has 0 radical (unpaired) electrons. The summed E-state index contributed by atoms with van der Waals surface area (Å²) in [5.74, 6) is -0.387. The number of hydrogen-bond acceptors (Lipinski definition) is 3. The van der Waals surface area contributed by atoms with Gasteiger partial charge in [0.25, 0.3) is 5.91 Å². The number of benzene rings is 1. The van der Waals surface area contributed by atoms with Crippen LogP contribution < -0.4 is 10.9 Å². The van der Waals surface area contributed by atoms with E-state index in [1.54, 1.807) is 18.2 Å². The molecule has 2 rings (SSSR count). The van der Waals surface area contributed by atoms with Crippen LogP contribution in [0.15, 0.2) is 50.3 Å². The van der Waals surface area contributed by atoms with E-state index in [1.807, 2.05) is 0 Å². The van der Waals surface area contributed by atoms with Gasteiger partial charge >= 0.3 is 5.63 Å². The van der Waals surface area contributed by atoms with Crippen molar-refractivity contribution in [1.82, 2.24) is 0 Å². The Labute approximate surface area is 116 Å². The number of hydrogen-bond donors (Lipinski definition) is 1. The molecule has 0 saturated heterocycles. The number of carbonyl (C=O) groups is 1. The Morgan fingerprint density at radius 2 is 2.06 bits per heavy atom. The Morgan fingerprint density at radius 1 is 1.28 bits per heavy atom. The number of carbonyl (C=O) groups excluding carboxylic acids is 1. The SMILES string of the molecule is O=C(Nc1cccc(Cl)c1Br)c1ccc(=O)oc1. The van der Waals surface area contributed by atoms with Crippen molar-refractivity contribution in [3.8, 4) is 0 Å². The van der Waals surface area contributed by atoms with Crippen molar-refractivity contribution < 1.29 is 9.21 Å². The predicted molar refractivity (Wildman–Crippen MR) is 72.1 cm³/mol. The monoisotopic (exact) mass is 327 g/mol.